The molecule has 248 valence electrons. The fraction of sp³-hybridized carbons (Fsp3) is 1.00. The van der Waals surface area contributed by atoms with Crippen LogP contribution in [0.3, 0.4) is 0 Å². The number of hydrogen-bond donors (Lipinski definition) is 13. The summed E-state index contributed by atoms with van der Waals surface area (Å²) in [6.45, 7) is 0.690. The van der Waals surface area contributed by atoms with Gasteiger partial charge in [0.1, 0.15) is 36.6 Å². The molecule has 2 heterocycles. The van der Waals surface area contributed by atoms with E-state index in [2.05, 4.69) is 10.6 Å². The Balaban J connectivity index is 1.70. The van der Waals surface area contributed by atoms with E-state index in [4.69, 9.17) is 47.6 Å². The van der Waals surface area contributed by atoms with Gasteiger partial charge in [0.05, 0.1) is 37.0 Å². The summed E-state index contributed by atoms with van der Waals surface area (Å²) in [6.07, 6.45) is -9.46. The van der Waals surface area contributed by atoms with Crippen LogP contribution in [0.2, 0.25) is 0 Å². The maximum absolute atomic E-state index is 11.5. The summed E-state index contributed by atoms with van der Waals surface area (Å²) in [5, 5.41) is 68.2. The molecule has 0 aromatic heterocycles. The van der Waals surface area contributed by atoms with Gasteiger partial charge in [0, 0.05) is 38.3 Å². The number of ether oxygens (including phenoxy) is 4. The van der Waals surface area contributed by atoms with Gasteiger partial charge in [-0.25, -0.2) is 0 Å². The van der Waals surface area contributed by atoms with Crippen LogP contribution in [0.4, 0.5) is 0 Å². The van der Waals surface area contributed by atoms with Gasteiger partial charge in [0.2, 0.25) is 0 Å². The van der Waals surface area contributed by atoms with Crippen LogP contribution >= 0.6 is 0 Å². The molecule has 0 bridgehead atoms. The number of hydrogen-bond acceptors (Lipinski definition) is 17. The molecule has 1 saturated carbocycles. The van der Waals surface area contributed by atoms with Crippen LogP contribution in [0.25, 0.3) is 0 Å². The summed E-state index contributed by atoms with van der Waals surface area (Å²) < 4.78 is 23.9. The molecule has 1 aliphatic carbocycles. The summed E-state index contributed by atoms with van der Waals surface area (Å²) in [6, 6.07) is -3.02. The van der Waals surface area contributed by atoms with Crippen LogP contribution < -0.4 is 39.3 Å². The number of aliphatic hydroxyl groups excluding tert-OH is 6. The highest BCUT2D eigenvalue weighted by Gasteiger charge is 2.50. The van der Waals surface area contributed by atoms with Crippen LogP contribution in [0, 0.1) is 0 Å². The predicted octanol–water partition coefficient (Wildman–Crippen LogP) is -6.98. The average Bonchev–Trinajstić information content (AvgIpc) is 2.97. The second-order valence-corrected chi connectivity index (χ2v) is 11.5. The maximum atomic E-state index is 11.5. The topological polar surface area (TPSA) is 312 Å². The Hall–Kier alpha value is -0.680. The molecule has 3 aliphatic rings. The molecule has 18 N–H and O–H groups in total. The average molecular weight is 612 g/mol. The molecule has 3 rings (SSSR count). The number of nitrogens with two attached hydrogens (primary N) is 5. The molecular weight excluding hydrogens is 558 g/mol. The summed E-state index contributed by atoms with van der Waals surface area (Å²) in [5.74, 6) is 0. The lowest BCUT2D eigenvalue weighted by Gasteiger charge is -2.48. The Morgan fingerprint density at radius 1 is 0.833 bits per heavy atom. The van der Waals surface area contributed by atoms with Crippen LogP contribution in [0.1, 0.15) is 25.7 Å². The van der Waals surface area contributed by atoms with E-state index in [0.29, 0.717) is 38.9 Å². The predicted molar refractivity (Wildman–Crippen MR) is 149 cm³/mol. The number of rotatable bonds is 15. The van der Waals surface area contributed by atoms with Crippen LogP contribution in [-0.2, 0) is 18.9 Å². The molecule has 0 aromatic carbocycles. The molecule has 0 radical (unpaired) electrons. The third-order valence-electron chi connectivity index (χ3n) is 8.18. The van der Waals surface area contributed by atoms with Crippen molar-refractivity contribution >= 4 is 0 Å². The number of aliphatic hydroxyl groups is 6. The van der Waals surface area contributed by atoms with Crippen molar-refractivity contribution < 1.29 is 49.6 Å². The van der Waals surface area contributed by atoms with Gasteiger partial charge in [-0.05, 0) is 32.2 Å². The zero-order valence-electron chi connectivity index (χ0n) is 23.9. The first-order valence-electron chi connectivity index (χ1n) is 14.7. The van der Waals surface area contributed by atoms with Gasteiger partial charge >= 0.3 is 0 Å². The van der Waals surface area contributed by atoms with E-state index in [1.54, 1.807) is 0 Å². The summed E-state index contributed by atoms with van der Waals surface area (Å²) in [7, 11) is 0. The lowest BCUT2D eigenvalue weighted by atomic mass is 9.83. The van der Waals surface area contributed by atoms with Crippen molar-refractivity contribution in [1.82, 2.24) is 10.6 Å². The first kappa shape index (κ1) is 35.8. The zero-order chi connectivity index (χ0) is 31.0. The Morgan fingerprint density at radius 2 is 1.55 bits per heavy atom. The van der Waals surface area contributed by atoms with Crippen LogP contribution in [0.5, 0.6) is 0 Å². The van der Waals surface area contributed by atoms with Gasteiger partial charge in [-0.15, -0.1) is 0 Å². The molecule has 0 amide bonds. The van der Waals surface area contributed by atoms with E-state index in [-0.39, 0.29) is 25.6 Å². The Morgan fingerprint density at radius 3 is 2.21 bits per heavy atom. The zero-order valence-corrected chi connectivity index (χ0v) is 23.9. The van der Waals surface area contributed by atoms with E-state index in [1.165, 1.54) is 0 Å². The second kappa shape index (κ2) is 17.1. The maximum Gasteiger partial charge on any atom is 0.186 e. The molecule has 42 heavy (non-hydrogen) atoms. The lowest BCUT2D eigenvalue weighted by molar-refractivity contribution is -0.314. The summed E-state index contributed by atoms with van der Waals surface area (Å²) >= 11 is 0. The van der Waals surface area contributed by atoms with Crippen molar-refractivity contribution in [2.24, 2.45) is 28.7 Å². The quantitative estimate of drug-likeness (QED) is 0.0817. The third-order valence-corrected chi connectivity index (χ3v) is 8.18. The molecule has 17 nitrogen and oxygen atoms in total. The highest BCUT2D eigenvalue weighted by molar-refractivity contribution is 5.02. The minimum absolute atomic E-state index is 0.000129. The number of nitrogens with one attached hydrogen (secondary N) is 2. The van der Waals surface area contributed by atoms with Crippen molar-refractivity contribution in [2.75, 3.05) is 39.3 Å². The van der Waals surface area contributed by atoms with Crippen molar-refractivity contribution in [2.45, 2.75) is 117 Å². The second-order valence-electron chi connectivity index (χ2n) is 11.5. The summed E-state index contributed by atoms with van der Waals surface area (Å²) in [4.78, 5) is 0. The minimum atomic E-state index is -1.48. The van der Waals surface area contributed by atoms with Crippen LogP contribution in [0.15, 0.2) is 0 Å². The van der Waals surface area contributed by atoms with Gasteiger partial charge in [-0.3, -0.25) is 0 Å². The molecule has 3 fully saturated rings. The highest BCUT2D eigenvalue weighted by atomic mass is 16.7. The molecule has 15 atom stereocenters. The molecule has 2 aliphatic heterocycles. The van der Waals surface area contributed by atoms with E-state index >= 15 is 0 Å². The normalized spacial score (nSPS) is 42.8. The fourth-order valence-electron chi connectivity index (χ4n) is 5.57. The lowest BCUT2D eigenvalue weighted by Crippen LogP contribution is -2.68. The van der Waals surface area contributed by atoms with Gasteiger partial charge in [0.25, 0.3) is 0 Å². The Kier molecular flexibility index (Phi) is 14.6. The smallest absolute Gasteiger partial charge is 0.186 e. The van der Waals surface area contributed by atoms with Crippen molar-refractivity contribution in [3.8, 4) is 0 Å². The summed E-state index contributed by atoms with van der Waals surface area (Å²) in [5.41, 5.74) is 29.7. The van der Waals surface area contributed by atoms with E-state index in [9.17, 15) is 30.6 Å². The van der Waals surface area contributed by atoms with Crippen molar-refractivity contribution in [1.29, 1.82) is 0 Å². The van der Waals surface area contributed by atoms with Gasteiger partial charge in [-0.1, -0.05) is 0 Å². The Labute approximate surface area is 245 Å². The first-order chi connectivity index (χ1) is 20.0. The molecule has 2 unspecified atom stereocenters. The standard InChI is InChI=1S/C25H53N7O10/c26-4-3-11(34)7-31-9-13-1-2-14(28)24(39-13)41-22-15(29)5-16(32-8-12(35)6-27)23(21(22)38)42-25-20(37)18(30)19(36)17(10-33)40-25/h11-25,31-38H,1-10,26-30H2/t11?,12?,13-,14+,15-,16+,17+,18-,19+,20+,21-,22+,23-,24+,25+/m0/s1. The Bertz CT molecular complexity index is 779. The molecule has 2 saturated heterocycles. The molecule has 0 aromatic rings. The monoisotopic (exact) mass is 611 g/mol. The fourth-order valence-corrected chi connectivity index (χ4v) is 5.57. The van der Waals surface area contributed by atoms with E-state index in [1.807, 2.05) is 0 Å². The SMILES string of the molecule is NCCC(O)CNC[C@@H]1CC[C@@H](N)[C@@H](O[C@H]2[C@H](O)[C@@H](O[C@H]3O[C@H](CO)[C@@H](O)[C@H](N)[C@H]3O)[C@H](NCC(O)CN)C[C@@H]2N)O1. The van der Waals surface area contributed by atoms with Crippen molar-refractivity contribution in [3.05, 3.63) is 0 Å². The van der Waals surface area contributed by atoms with Gasteiger partial charge in [-0.2, -0.15) is 0 Å². The minimum Gasteiger partial charge on any atom is -0.394 e. The van der Waals surface area contributed by atoms with Gasteiger partial charge in [0.15, 0.2) is 12.6 Å². The first-order valence-corrected chi connectivity index (χ1v) is 14.7. The van der Waals surface area contributed by atoms with Crippen LogP contribution in [-0.4, -0.2) is 162 Å². The third kappa shape index (κ3) is 9.41. The van der Waals surface area contributed by atoms with Gasteiger partial charge < -0.3 is 88.9 Å². The van der Waals surface area contributed by atoms with E-state index in [0.717, 1.165) is 0 Å². The molecular formula is C25H53N7O10. The molecule has 17 heteroatoms. The van der Waals surface area contributed by atoms with Crippen molar-refractivity contribution in [3.63, 3.8) is 0 Å². The highest BCUT2D eigenvalue weighted by Crippen LogP contribution is 2.31. The largest absolute Gasteiger partial charge is 0.394 e. The molecule has 0 spiro atoms. The van der Waals surface area contributed by atoms with E-state index < -0.39 is 92.2 Å².